The van der Waals surface area contributed by atoms with Gasteiger partial charge < -0.3 is 10.0 Å². The quantitative estimate of drug-likeness (QED) is 0.818. The van der Waals surface area contributed by atoms with Crippen LogP contribution in [-0.2, 0) is 0 Å². The molecule has 2 aliphatic rings. The third-order valence-electron chi connectivity index (χ3n) is 4.79. The molecule has 17 heavy (non-hydrogen) atoms. The van der Waals surface area contributed by atoms with Crippen LogP contribution in [0.4, 0.5) is 0 Å². The van der Waals surface area contributed by atoms with E-state index in [-0.39, 0.29) is 6.10 Å². The Labute approximate surface area is 106 Å². The lowest BCUT2D eigenvalue weighted by molar-refractivity contribution is 0.0629. The van der Waals surface area contributed by atoms with Gasteiger partial charge in [-0.25, -0.2) is 0 Å². The Hall–Kier alpha value is -0.0800. The van der Waals surface area contributed by atoms with Crippen LogP contribution in [0.5, 0.6) is 0 Å². The fourth-order valence-corrected chi connectivity index (χ4v) is 3.85. The number of aliphatic hydroxyl groups excluding tert-OH is 1. The number of hydrogen-bond donors (Lipinski definition) is 1. The van der Waals surface area contributed by atoms with Gasteiger partial charge in [0, 0.05) is 19.6 Å². The summed E-state index contributed by atoms with van der Waals surface area (Å²) in [5, 5.41) is 9.53. The zero-order valence-electron chi connectivity index (χ0n) is 11.6. The largest absolute Gasteiger partial charge is 0.393 e. The molecule has 1 saturated carbocycles. The van der Waals surface area contributed by atoms with Crippen molar-refractivity contribution in [3.63, 3.8) is 0 Å². The van der Waals surface area contributed by atoms with Crippen molar-refractivity contribution in [1.82, 2.24) is 4.90 Å². The monoisotopic (exact) mass is 239 g/mol. The van der Waals surface area contributed by atoms with Gasteiger partial charge in [-0.1, -0.05) is 20.3 Å². The summed E-state index contributed by atoms with van der Waals surface area (Å²) in [7, 11) is 0. The molecule has 0 radical (unpaired) electrons. The highest BCUT2D eigenvalue weighted by molar-refractivity contribution is 4.80. The highest BCUT2D eigenvalue weighted by atomic mass is 16.3. The molecule has 2 rings (SSSR count). The second-order valence-corrected chi connectivity index (χ2v) is 6.48. The average molecular weight is 239 g/mol. The van der Waals surface area contributed by atoms with Crippen molar-refractivity contribution in [1.29, 1.82) is 0 Å². The molecule has 0 aromatic rings. The van der Waals surface area contributed by atoms with Gasteiger partial charge in [0.05, 0.1) is 6.10 Å². The molecular formula is C15H29NO. The van der Waals surface area contributed by atoms with Crippen LogP contribution in [0.1, 0.15) is 52.4 Å². The predicted molar refractivity (Wildman–Crippen MR) is 72.0 cm³/mol. The first-order valence-corrected chi connectivity index (χ1v) is 7.57. The maximum atomic E-state index is 9.53. The lowest BCUT2D eigenvalue weighted by Crippen LogP contribution is -2.40. The molecule has 0 bridgehead atoms. The lowest BCUT2D eigenvalue weighted by Gasteiger charge is -2.38. The molecule has 1 saturated heterocycles. The van der Waals surface area contributed by atoms with Crippen molar-refractivity contribution >= 4 is 0 Å². The summed E-state index contributed by atoms with van der Waals surface area (Å²) in [5.41, 5.74) is 0. The van der Waals surface area contributed by atoms with Gasteiger partial charge in [-0.3, -0.25) is 0 Å². The van der Waals surface area contributed by atoms with Crippen LogP contribution in [0, 0.1) is 17.8 Å². The molecule has 3 atom stereocenters. The van der Waals surface area contributed by atoms with E-state index in [1.54, 1.807) is 0 Å². The van der Waals surface area contributed by atoms with Crippen LogP contribution >= 0.6 is 0 Å². The predicted octanol–water partition coefficient (Wildman–Crippen LogP) is 2.91. The van der Waals surface area contributed by atoms with E-state index in [9.17, 15) is 5.11 Å². The van der Waals surface area contributed by atoms with Crippen LogP contribution < -0.4 is 0 Å². The number of likely N-dealkylation sites (tertiary alicyclic amines) is 1. The van der Waals surface area contributed by atoms with E-state index in [0.717, 1.165) is 43.7 Å². The topological polar surface area (TPSA) is 23.5 Å². The maximum Gasteiger partial charge on any atom is 0.0564 e. The highest BCUT2D eigenvalue weighted by Gasteiger charge is 2.27. The van der Waals surface area contributed by atoms with Gasteiger partial charge in [-0.05, 0) is 49.9 Å². The van der Waals surface area contributed by atoms with Gasteiger partial charge in [-0.2, -0.15) is 0 Å². The molecule has 1 aliphatic heterocycles. The van der Waals surface area contributed by atoms with E-state index in [1.165, 1.54) is 32.2 Å². The number of piperidine rings is 1. The highest BCUT2D eigenvalue weighted by Crippen LogP contribution is 2.35. The minimum atomic E-state index is -0.0279. The first-order valence-electron chi connectivity index (χ1n) is 7.57. The van der Waals surface area contributed by atoms with Crippen LogP contribution in [0.2, 0.25) is 0 Å². The molecule has 1 N–H and O–H groups in total. The Kier molecular flexibility index (Phi) is 4.87. The fourth-order valence-electron chi connectivity index (χ4n) is 3.85. The molecule has 1 aliphatic carbocycles. The van der Waals surface area contributed by atoms with E-state index in [0.29, 0.717) is 0 Å². The van der Waals surface area contributed by atoms with Crippen LogP contribution in [0.15, 0.2) is 0 Å². The molecule has 100 valence electrons. The van der Waals surface area contributed by atoms with Crippen molar-refractivity contribution in [2.24, 2.45) is 17.8 Å². The maximum absolute atomic E-state index is 9.53. The minimum Gasteiger partial charge on any atom is -0.393 e. The zero-order valence-corrected chi connectivity index (χ0v) is 11.6. The lowest BCUT2D eigenvalue weighted by atomic mass is 9.74. The SMILES string of the molecule is CC[C@H]1CC(CN2CCC(O)CC2)C[C@@H](C)C1. The summed E-state index contributed by atoms with van der Waals surface area (Å²) in [6.45, 7) is 8.28. The summed E-state index contributed by atoms with van der Waals surface area (Å²) in [6.07, 6.45) is 7.62. The Morgan fingerprint density at radius 1 is 1.06 bits per heavy atom. The van der Waals surface area contributed by atoms with E-state index < -0.39 is 0 Å². The molecule has 0 amide bonds. The zero-order chi connectivity index (χ0) is 12.3. The van der Waals surface area contributed by atoms with Crippen molar-refractivity contribution in [2.45, 2.75) is 58.5 Å². The van der Waals surface area contributed by atoms with Gasteiger partial charge in [0.25, 0.3) is 0 Å². The Balaban J connectivity index is 1.77. The summed E-state index contributed by atoms with van der Waals surface area (Å²) in [5.74, 6) is 2.81. The Morgan fingerprint density at radius 2 is 1.71 bits per heavy atom. The van der Waals surface area contributed by atoms with Crippen molar-refractivity contribution in [2.75, 3.05) is 19.6 Å². The Bertz CT molecular complexity index is 223. The molecule has 1 heterocycles. The smallest absolute Gasteiger partial charge is 0.0564 e. The summed E-state index contributed by atoms with van der Waals surface area (Å²) < 4.78 is 0. The molecule has 2 fully saturated rings. The van der Waals surface area contributed by atoms with Crippen LogP contribution in [0.3, 0.4) is 0 Å². The summed E-state index contributed by atoms with van der Waals surface area (Å²) in [4.78, 5) is 2.59. The average Bonchev–Trinajstić information content (AvgIpc) is 2.31. The van der Waals surface area contributed by atoms with Gasteiger partial charge in [0.15, 0.2) is 0 Å². The van der Waals surface area contributed by atoms with E-state index in [2.05, 4.69) is 18.7 Å². The second-order valence-electron chi connectivity index (χ2n) is 6.48. The normalized spacial score (nSPS) is 37.2. The molecule has 2 heteroatoms. The Morgan fingerprint density at radius 3 is 2.35 bits per heavy atom. The molecule has 2 nitrogen and oxygen atoms in total. The summed E-state index contributed by atoms with van der Waals surface area (Å²) >= 11 is 0. The van der Waals surface area contributed by atoms with E-state index >= 15 is 0 Å². The molecular weight excluding hydrogens is 210 g/mol. The first kappa shape index (κ1) is 13.4. The van der Waals surface area contributed by atoms with Crippen molar-refractivity contribution < 1.29 is 5.11 Å². The number of aliphatic hydroxyl groups is 1. The molecule has 0 aromatic carbocycles. The number of rotatable bonds is 3. The number of nitrogens with zero attached hydrogens (tertiary/aromatic N) is 1. The van der Waals surface area contributed by atoms with Crippen molar-refractivity contribution in [3.8, 4) is 0 Å². The van der Waals surface area contributed by atoms with Gasteiger partial charge in [0.2, 0.25) is 0 Å². The third kappa shape index (κ3) is 3.96. The van der Waals surface area contributed by atoms with Gasteiger partial charge >= 0.3 is 0 Å². The van der Waals surface area contributed by atoms with Crippen LogP contribution in [-0.4, -0.2) is 35.7 Å². The fraction of sp³-hybridized carbons (Fsp3) is 1.00. The molecule has 0 spiro atoms. The first-order chi connectivity index (χ1) is 8.17. The molecule has 0 aromatic heterocycles. The second kappa shape index (κ2) is 6.19. The van der Waals surface area contributed by atoms with E-state index in [1.807, 2.05) is 0 Å². The van der Waals surface area contributed by atoms with Crippen molar-refractivity contribution in [3.05, 3.63) is 0 Å². The van der Waals surface area contributed by atoms with E-state index in [4.69, 9.17) is 0 Å². The van der Waals surface area contributed by atoms with Crippen LogP contribution in [0.25, 0.3) is 0 Å². The molecule has 1 unspecified atom stereocenters. The standard InChI is InChI=1S/C15H29NO/c1-3-13-8-12(2)9-14(10-13)11-16-6-4-15(17)5-7-16/h12-15,17H,3-11H2,1-2H3/t12-,13+,14?/m0/s1. The summed E-state index contributed by atoms with van der Waals surface area (Å²) in [6, 6.07) is 0. The third-order valence-corrected chi connectivity index (χ3v) is 4.79. The van der Waals surface area contributed by atoms with Gasteiger partial charge in [0.1, 0.15) is 0 Å². The number of hydrogen-bond acceptors (Lipinski definition) is 2. The van der Waals surface area contributed by atoms with Gasteiger partial charge in [-0.15, -0.1) is 0 Å². The minimum absolute atomic E-state index is 0.0279.